The summed E-state index contributed by atoms with van der Waals surface area (Å²) >= 11 is 0. The van der Waals surface area contributed by atoms with Crippen molar-refractivity contribution in [3.63, 3.8) is 0 Å². The Labute approximate surface area is 117 Å². The molecular formula is C18H27N. The lowest BCUT2D eigenvalue weighted by atomic mass is 9.58. The fourth-order valence-corrected chi connectivity index (χ4v) is 4.38. The van der Waals surface area contributed by atoms with Crippen molar-refractivity contribution in [3.05, 3.63) is 29.3 Å². The summed E-state index contributed by atoms with van der Waals surface area (Å²) in [6.45, 7) is 12.0. The second kappa shape index (κ2) is 4.01. The van der Waals surface area contributed by atoms with Gasteiger partial charge in [0.15, 0.2) is 0 Å². The van der Waals surface area contributed by atoms with Crippen LogP contribution in [-0.2, 0) is 5.41 Å². The van der Waals surface area contributed by atoms with Crippen molar-refractivity contribution in [1.29, 1.82) is 0 Å². The van der Waals surface area contributed by atoms with Crippen LogP contribution in [0.1, 0.15) is 58.1 Å². The zero-order chi connectivity index (χ0) is 13.8. The van der Waals surface area contributed by atoms with E-state index in [1.165, 1.54) is 36.1 Å². The monoisotopic (exact) mass is 257 g/mol. The topological polar surface area (TPSA) is 12.0 Å². The molecule has 2 aliphatic rings. The van der Waals surface area contributed by atoms with Gasteiger partial charge in [-0.2, -0.15) is 0 Å². The van der Waals surface area contributed by atoms with Gasteiger partial charge < -0.3 is 5.32 Å². The fourth-order valence-electron chi connectivity index (χ4n) is 4.38. The van der Waals surface area contributed by atoms with Gasteiger partial charge in [0, 0.05) is 11.7 Å². The smallest absolute Gasteiger partial charge is 0.0410 e. The third-order valence-electron chi connectivity index (χ3n) is 5.61. The molecule has 0 aromatic heterocycles. The molecule has 0 spiro atoms. The largest absolute Gasteiger partial charge is 0.382 e. The van der Waals surface area contributed by atoms with Crippen LogP contribution < -0.4 is 5.32 Å². The van der Waals surface area contributed by atoms with E-state index in [0.717, 1.165) is 5.92 Å². The number of hydrogen-bond acceptors (Lipinski definition) is 1. The van der Waals surface area contributed by atoms with Crippen LogP contribution >= 0.6 is 0 Å². The number of benzene rings is 1. The summed E-state index contributed by atoms with van der Waals surface area (Å²) in [6.07, 6.45) is 4.01. The number of nitrogens with one attached hydrogen (secondary N) is 1. The van der Waals surface area contributed by atoms with E-state index < -0.39 is 0 Å². The Morgan fingerprint density at radius 2 is 1.89 bits per heavy atom. The molecular weight excluding hydrogens is 230 g/mol. The third-order valence-corrected chi connectivity index (χ3v) is 5.61. The van der Waals surface area contributed by atoms with Crippen LogP contribution in [0.25, 0.3) is 0 Å². The van der Waals surface area contributed by atoms with Crippen molar-refractivity contribution in [1.82, 2.24) is 0 Å². The van der Waals surface area contributed by atoms with Crippen LogP contribution in [0.5, 0.6) is 0 Å². The van der Waals surface area contributed by atoms with Gasteiger partial charge in [0.1, 0.15) is 0 Å². The van der Waals surface area contributed by atoms with Crippen LogP contribution in [0.15, 0.2) is 18.2 Å². The summed E-state index contributed by atoms with van der Waals surface area (Å²) in [5.41, 5.74) is 5.12. The van der Waals surface area contributed by atoms with Crippen LogP contribution in [0, 0.1) is 18.3 Å². The first-order chi connectivity index (χ1) is 8.81. The normalized spacial score (nSPS) is 31.0. The number of fused-ring (bicyclic) bond motifs is 2. The molecule has 19 heavy (non-hydrogen) atoms. The molecule has 0 bridgehead atoms. The highest BCUT2D eigenvalue weighted by Gasteiger charge is 2.46. The molecule has 2 atom stereocenters. The number of rotatable bonds is 0. The summed E-state index contributed by atoms with van der Waals surface area (Å²) in [5.74, 6) is 0.773. The number of anilines is 1. The lowest BCUT2D eigenvalue weighted by molar-refractivity contribution is 0.119. The zero-order valence-corrected chi connectivity index (χ0v) is 13.0. The van der Waals surface area contributed by atoms with Crippen molar-refractivity contribution >= 4 is 5.69 Å². The molecule has 1 nitrogen and oxygen atoms in total. The van der Waals surface area contributed by atoms with Gasteiger partial charge in [-0.05, 0) is 54.1 Å². The van der Waals surface area contributed by atoms with E-state index in [2.05, 4.69) is 58.1 Å². The van der Waals surface area contributed by atoms with E-state index >= 15 is 0 Å². The lowest BCUT2D eigenvalue weighted by Crippen LogP contribution is -2.50. The SMILES string of the molecule is Cc1cccc2c1NC1CC(C)(C)CCC1C2(C)C. The predicted octanol–water partition coefficient (Wildman–Crippen LogP) is 4.89. The molecule has 0 radical (unpaired) electrons. The van der Waals surface area contributed by atoms with Gasteiger partial charge in [-0.3, -0.25) is 0 Å². The first-order valence-corrected chi connectivity index (χ1v) is 7.68. The van der Waals surface area contributed by atoms with E-state index in [9.17, 15) is 0 Å². The Bertz CT molecular complexity index is 498. The van der Waals surface area contributed by atoms with Crippen LogP contribution in [0.4, 0.5) is 5.69 Å². The molecule has 2 unspecified atom stereocenters. The van der Waals surface area contributed by atoms with Crippen LogP contribution in [0.3, 0.4) is 0 Å². The Balaban J connectivity index is 2.06. The fraction of sp³-hybridized carbons (Fsp3) is 0.667. The zero-order valence-electron chi connectivity index (χ0n) is 13.0. The highest BCUT2D eigenvalue weighted by atomic mass is 15.0. The maximum atomic E-state index is 3.88. The Hall–Kier alpha value is -0.980. The molecule has 1 heteroatoms. The maximum absolute atomic E-state index is 3.88. The van der Waals surface area contributed by atoms with Gasteiger partial charge in [0.2, 0.25) is 0 Å². The van der Waals surface area contributed by atoms with Gasteiger partial charge in [0.25, 0.3) is 0 Å². The molecule has 1 aromatic rings. The molecule has 3 rings (SSSR count). The van der Waals surface area contributed by atoms with E-state index in [1.807, 2.05) is 0 Å². The van der Waals surface area contributed by atoms with Crippen molar-refractivity contribution < 1.29 is 0 Å². The first-order valence-electron chi connectivity index (χ1n) is 7.68. The van der Waals surface area contributed by atoms with E-state index in [0.29, 0.717) is 16.9 Å². The molecule has 104 valence electrons. The predicted molar refractivity (Wildman–Crippen MR) is 82.7 cm³/mol. The molecule has 1 N–H and O–H groups in total. The highest BCUT2D eigenvalue weighted by Crippen LogP contribution is 2.52. The Morgan fingerprint density at radius 1 is 1.16 bits per heavy atom. The average Bonchev–Trinajstić information content (AvgIpc) is 2.29. The van der Waals surface area contributed by atoms with Gasteiger partial charge in [0.05, 0.1) is 0 Å². The molecule has 1 saturated carbocycles. The standard InChI is InChI=1S/C18H27N/c1-12-7-6-8-14-16(12)19-15-11-17(2,3)10-9-13(15)18(14,4)5/h6-8,13,15,19H,9-11H2,1-5H3. The van der Waals surface area contributed by atoms with Crippen molar-refractivity contribution in [3.8, 4) is 0 Å². The quantitative estimate of drug-likeness (QED) is 0.697. The van der Waals surface area contributed by atoms with E-state index in [-0.39, 0.29) is 0 Å². The minimum atomic E-state index is 0.299. The number of aryl methyl sites for hydroxylation is 1. The summed E-state index contributed by atoms with van der Waals surface area (Å²) < 4.78 is 0. The summed E-state index contributed by atoms with van der Waals surface area (Å²) in [6, 6.07) is 7.42. The second-order valence-corrected chi connectivity index (χ2v) is 7.98. The van der Waals surface area contributed by atoms with Crippen LogP contribution in [-0.4, -0.2) is 6.04 Å². The summed E-state index contributed by atoms with van der Waals surface area (Å²) in [4.78, 5) is 0. The van der Waals surface area contributed by atoms with Gasteiger partial charge >= 0.3 is 0 Å². The average molecular weight is 257 g/mol. The minimum absolute atomic E-state index is 0.299. The summed E-state index contributed by atoms with van der Waals surface area (Å²) in [5, 5.41) is 3.88. The van der Waals surface area contributed by atoms with Crippen molar-refractivity contribution in [2.45, 2.75) is 65.3 Å². The van der Waals surface area contributed by atoms with Gasteiger partial charge in [-0.15, -0.1) is 0 Å². The molecule has 1 fully saturated rings. The molecule has 1 aromatic carbocycles. The number of hydrogen-bond donors (Lipinski definition) is 1. The molecule has 0 amide bonds. The Kier molecular flexibility index (Phi) is 2.75. The summed E-state index contributed by atoms with van der Waals surface area (Å²) in [7, 11) is 0. The minimum Gasteiger partial charge on any atom is -0.382 e. The highest BCUT2D eigenvalue weighted by molar-refractivity contribution is 5.63. The molecule has 0 saturated heterocycles. The van der Waals surface area contributed by atoms with E-state index in [1.54, 1.807) is 0 Å². The first kappa shape index (κ1) is 13.0. The second-order valence-electron chi connectivity index (χ2n) is 7.98. The van der Waals surface area contributed by atoms with E-state index in [4.69, 9.17) is 0 Å². The number of para-hydroxylation sites is 1. The lowest BCUT2D eigenvalue weighted by Gasteiger charge is -2.52. The molecule has 1 aliphatic carbocycles. The molecule has 1 heterocycles. The Morgan fingerprint density at radius 3 is 2.63 bits per heavy atom. The van der Waals surface area contributed by atoms with Gasteiger partial charge in [-0.25, -0.2) is 0 Å². The maximum Gasteiger partial charge on any atom is 0.0410 e. The van der Waals surface area contributed by atoms with Crippen LogP contribution in [0.2, 0.25) is 0 Å². The van der Waals surface area contributed by atoms with Crippen molar-refractivity contribution in [2.24, 2.45) is 11.3 Å². The van der Waals surface area contributed by atoms with Gasteiger partial charge in [-0.1, -0.05) is 45.9 Å². The van der Waals surface area contributed by atoms with Crippen molar-refractivity contribution in [2.75, 3.05) is 5.32 Å². The molecule has 1 aliphatic heterocycles. The third kappa shape index (κ3) is 1.98.